The average molecular weight is 453 g/mol. The SMILES string of the molecule is CN(C)CC(=O)N1CCC2(C1)CN(C(=O)Cc1ncc(Cl)s1)c1ccc(Cl)cc12. The number of carbonyl (C=O) groups excluding carboxylic acids is 2. The molecule has 1 atom stereocenters. The molecule has 154 valence electrons. The molecule has 0 aliphatic carbocycles. The summed E-state index contributed by atoms with van der Waals surface area (Å²) in [4.78, 5) is 35.5. The van der Waals surface area contributed by atoms with Crippen molar-refractivity contribution in [2.45, 2.75) is 18.3 Å². The number of aromatic nitrogens is 1. The van der Waals surface area contributed by atoms with Crippen LogP contribution in [0, 0.1) is 0 Å². The van der Waals surface area contributed by atoms with Crippen LogP contribution in [0.3, 0.4) is 0 Å². The van der Waals surface area contributed by atoms with Crippen LogP contribution in [-0.2, 0) is 21.4 Å². The fourth-order valence-corrected chi connectivity index (χ4v) is 5.38. The van der Waals surface area contributed by atoms with Gasteiger partial charge in [0.1, 0.15) is 9.34 Å². The summed E-state index contributed by atoms with van der Waals surface area (Å²) in [5.74, 6) is 0.0900. The van der Waals surface area contributed by atoms with Crippen molar-refractivity contribution >= 4 is 52.0 Å². The minimum absolute atomic E-state index is 0.0190. The van der Waals surface area contributed by atoms with Crippen molar-refractivity contribution in [1.82, 2.24) is 14.8 Å². The molecule has 29 heavy (non-hydrogen) atoms. The van der Waals surface area contributed by atoms with Crippen LogP contribution in [-0.4, -0.2) is 66.9 Å². The maximum absolute atomic E-state index is 13.1. The number of hydrogen-bond acceptors (Lipinski definition) is 5. The highest BCUT2D eigenvalue weighted by molar-refractivity contribution is 7.15. The van der Waals surface area contributed by atoms with Gasteiger partial charge in [-0.25, -0.2) is 4.98 Å². The normalized spacial score (nSPS) is 20.7. The number of likely N-dealkylation sites (tertiary alicyclic amines) is 1. The molecule has 1 aromatic heterocycles. The molecule has 6 nitrogen and oxygen atoms in total. The molecule has 4 rings (SSSR count). The summed E-state index contributed by atoms with van der Waals surface area (Å²) >= 11 is 13.6. The van der Waals surface area contributed by atoms with E-state index in [1.54, 1.807) is 6.20 Å². The topological polar surface area (TPSA) is 56.8 Å². The van der Waals surface area contributed by atoms with Gasteiger partial charge < -0.3 is 14.7 Å². The molecular weight excluding hydrogens is 431 g/mol. The predicted octanol–water partition coefficient (Wildman–Crippen LogP) is 3.07. The van der Waals surface area contributed by atoms with E-state index in [2.05, 4.69) is 4.98 Å². The van der Waals surface area contributed by atoms with Gasteiger partial charge in [-0.2, -0.15) is 0 Å². The first kappa shape index (κ1) is 20.6. The summed E-state index contributed by atoms with van der Waals surface area (Å²) in [5.41, 5.74) is 1.65. The largest absolute Gasteiger partial charge is 0.341 e. The van der Waals surface area contributed by atoms with E-state index in [1.807, 2.05) is 47.0 Å². The smallest absolute Gasteiger partial charge is 0.236 e. The summed E-state index contributed by atoms with van der Waals surface area (Å²) in [7, 11) is 3.78. The van der Waals surface area contributed by atoms with Gasteiger partial charge in [0.25, 0.3) is 0 Å². The molecule has 9 heteroatoms. The molecule has 2 amide bonds. The first-order valence-electron chi connectivity index (χ1n) is 9.40. The Hall–Kier alpha value is -1.67. The summed E-state index contributed by atoms with van der Waals surface area (Å²) in [6.07, 6.45) is 2.59. The van der Waals surface area contributed by atoms with Gasteiger partial charge in [-0.15, -0.1) is 11.3 Å². The Kier molecular flexibility index (Phi) is 5.59. The number of rotatable bonds is 4. The molecule has 0 N–H and O–H groups in total. The summed E-state index contributed by atoms with van der Waals surface area (Å²) < 4.78 is 0.573. The Morgan fingerprint density at radius 2 is 2.03 bits per heavy atom. The van der Waals surface area contributed by atoms with Crippen LogP contribution in [0.2, 0.25) is 9.36 Å². The molecule has 1 spiro atoms. The number of thiazole rings is 1. The van der Waals surface area contributed by atoms with Crippen molar-refractivity contribution in [2.75, 3.05) is 45.2 Å². The maximum atomic E-state index is 13.1. The van der Waals surface area contributed by atoms with Gasteiger partial charge in [0.2, 0.25) is 11.8 Å². The van der Waals surface area contributed by atoms with Crippen molar-refractivity contribution in [3.63, 3.8) is 0 Å². The van der Waals surface area contributed by atoms with Crippen molar-refractivity contribution in [3.8, 4) is 0 Å². The second kappa shape index (κ2) is 7.87. The first-order chi connectivity index (χ1) is 13.8. The summed E-state index contributed by atoms with van der Waals surface area (Å²) in [6, 6.07) is 5.66. The highest BCUT2D eigenvalue weighted by atomic mass is 35.5. The number of carbonyl (C=O) groups is 2. The lowest BCUT2D eigenvalue weighted by atomic mass is 9.81. The number of nitrogens with zero attached hydrogens (tertiary/aromatic N) is 4. The van der Waals surface area contributed by atoms with Crippen molar-refractivity contribution in [2.24, 2.45) is 0 Å². The lowest BCUT2D eigenvalue weighted by Crippen LogP contribution is -2.42. The third kappa shape index (κ3) is 4.01. The van der Waals surface area contributed by atoms with E-state index in [0.29, 0.717) is 40.5 Å². The summed E-state index contributed by atoms with van der Waals surface area (Å²) in [6.45, 7) is 2.21. The lowest BCUT2D eigenvalue weighted by molar-refractivity contribution is -0.130. The van der Waals surface area contributed by atoms with Gasteiger partial charge in [-0.05, 0) is 44.3 Å². The molecule has 1 fully saturated rings. The Morgan fingerprint density at radius 3 is 2.72 bits per heavy atom. The first-order valence-corrected chi connectivity index (χ1v) is 11.0. The highest BCUT2D eigenvalue weighted by Gasteiger charge is 2.49. The van der Waals surface area contributed by atoms with E-state index < -0.39 is 0 Å². The molecular formula is C20H22Cl2N4O2S. The van der Waals surface area contributed by atoms with Gasteiger partial charge in [0.15, 0.2) is 0 Å². The zero-order chi connectivity index (χ0) is 20.8. The molecule has 2 aromatic rings. The number of halogens is 2. The summed E-state index contributed by atoms with van der Waals surface area (Å²) in [5, 5.41) is 1.34. The van der Waals surface area contributed by atoms with E-state index >= 15 is 0 Å². The molecule has 1 unspecified atom stereocenters. The molecule has 1 saturated heterocycles. The third-order valence-electron chi connectivity index (χ3n) is 5.57. The van der Waals surface area contributed by atoms with E-state index in [9.17, 15) is 9.59 Å². The van der Waals surface area contributed by atoms with Crippen LogP contribution in [0.1, 0.15) is 17.0 Å². The zero-order valence-electron chi connectivity index (χ0n) is 16.3. The van der Waals surface area contributed by atoms with Crippen molar-refractivity contribution in [3.05, 3.63) is 44.3 Å². The molecule has 3 heterocycles. The zero-order valence-corrected chi connectivity index (χ0v) is 18.6. The van der Waals surface area contributed by atoms with Crippen LogP contribution in [0.4, 0.5) is 5.69 Å². The van der Waals surface area contributed by atoms with E-state index in [0.717, 1.165) is 17.7 Å². The third-order valence-corrected chi connectivity index (χ3v) is 6.92. The van der Waals surface area contributed by atoms with Crippen molar-refractivity contribution < 1.29 is 9.59 Å². The lowest BCUT2D eigenvalue weighted by Gasteiger charge is -2.26. The van der Waals surface area contributed by atoms with Crippen molar-refractivity contribution in [1.29, 1.82) is 0 Å². The van der Waals surface area contributed by atoms with Gasteiger partial charge in [0.05, 0.1) is 19.2 Å². The van der Waals surface area contributed by atoms with Crippen LogP contribution >= 0.6 is 34.5 Å². The molecule has 2 aliphatic heterocycles. The standard InChI is InChI=1S/C20H22Cl2N4O2S/c1-24(2)10-19(28)25-6-5-20(11-25)12-26(15-4-3-13(21)7-14(15)20)18(27)8-17-23-9-16(22)29-17/h3-4,7,9H,5-6,8,10-12H2,1-2H3. The number of anilines is 1. The maximum Gasteiger partial charge on any atom is 0.236 e. The molecule has 1 aromatic carbocycles. The number of fused-ring (bicyclic) bond motifs is 2. The second-order valence-corrected chi connectivity index (χ2v) is 10.1. The fourth-order valence-electron chi connectivity index (χ4n) is 4.26. The second-order valence-electron chi connectivity index (χ2n) is 7.96. The Bertz CT molecular complexity index is 964. The van der Waals surface area contributed by atoms with Crippen LogP contribution in [0.25, 0.3) is 0 Å². The van der Waals surface area contributed by atoms with Gasteiger partial charge in [-0.1, -0.05) is 23.2 Å². The molecule has 0 saturated carbocycles. The van der Waals surface area contributed by atoms with Crippen LogP contribution in [0.15, 0.2) is 24.4 Å². The quantitative estimate of drug-likeness (QED) is 0.714. The van der Waals surface area contributed by atoms with Gasteiger partial charge in [0, 0.05) is 35.8 Å². The van der Waals surface area contributed by atoms with E-state index in [1.165, 1.54) is 11.3 Å². The highest BCUT2D eigenvalue weighted by Crippen LogP contribution is 2.47. The molecule has 2 aliphatic rings. The van der Waals surface area contributed by atoms with E-state index in [4.69, 9.17) is 23.2 Å². The number of hydrogen-bond donors (Lipinski definition) is 0. The van der Waals surface area contributed by atoms with E-state index in [-0.39, 0.29) is 23.7 Å². The fraction of sp³-hybridized carbons (Fsp3) is 0.450. The number of likely N-dealkylation sites (N-methyl/N-ethyl adjacent to an activating group) is 1. The minimum atomic E-state index is -0.279. The molecule has 0 bridgehead atoms. The number of benzene rings is 1. The van der Waals surface area contributed by atoms with Gasteiger partial charge >= 0.3 is 0 Å². The average Bonchev–Trinajstić information content (AvgIpc) is 3.34. The minimum Gasteiger partial charge on any atom is -0.341 e. The molecule has 0 radical (unpaired) electrons. The van der Waals surface area contributed by atoms with Gasteiger partial charge in [-0.3, -0.25) is 9.59 Å². The predicted molar refractivity (Wildman–Crippen MR) is 116 cm³/mol. The van der Waals surface area contributed by atoms with Crippen LogP contribution in [0.5, 0.6) is 0 Å². The number of amides is 2. The Labute approximate surface area is 184 Å². The Balaban J connectivity index is 1.60. The Morgan fingerprint density at radius 1 is 1.24 bits per heavy atom. The van der Waals surface area contributed by atoms with Crippen LogP contribution < -0.4 is 4.90 Å². The monoisotopic (exact) mass is 452 g/mol.